The van der Waals surface area contributed by atoms with Gasteiger partial charge in [-0.25, -0.2) is 8.78 Å². The topological polar surface area (TPSA) is 30.5 Å². The Morgan fingerprint density at radius 1 is 1.15 bits per heavy atom. The second kappa shape index (κ2) is 8.99. The van der Waals surface area contributed by atoms with Gasteiger partial charge in [-0.3, -0.25) is 0 Å². The fraction of sp³-hybridized carbons (Fsp3) is 0.231. The van der Waals surface area contributed by atoms with Gasteiger partial charge in [-0.05, 0) is 63.7 Å². The van der Waals surface area contributed by atoms with Crippen molar-refractivity contribution in [3.8, 4) is 11.5 Å². The van der Waals surface area contributed by atoms with Gasteiger partial charge in [0.1, 0.15) is 18.2 Å². The molecule has 0 saturated carbocycles. The van der Waals surface area contributed by atoms with Crippen molar-refractivity contribution in [2.45, 2.75) is 25.0 Å². The Morgan fingerprint density at radius 2 is 1.97 bits per heavy atom. The molecule has 3 nitrogen and oxygen atoms in total. The van der Waals surface area contributed by atoms with Crippen molar-refractivity contribution in [2.75, 3.05) is 12.4 Å². The Bertz CT molecular complexity index is 1250. The Morgan fingerprint density at radius 3 is 2.76 bits per heavy atom. The SMILES string of the molecule is COc1cc([C@@H]2Nc3c(F)cc(F)cc3[C@@H]3C=CC[C@@H]32)cc(Br)c1OCc1ccccc1Cl. The molecule has 5 rings (SSSR count). The number of hydrogen-bond acceptors (Lipinski definition) is 3. The van der Waals surface area contributed by atoms with Gasteiger partial charge in [0.25, 0.3) is 0 Å². The molecule has 0 bridgehead atoms. The van der Waals surface area contributed by atoms with Crippen LogP contribution in [0.15, 0.2) is 65.2 Å². The second-order valence-corrected chi connectivity index (χ2v) is 9.50. The molecule has 3 aromatic carbocycles. The molecule has 0 fully saturated rings. The number of ether oxygens (including phenoxy) is 2. The van der Waals surface area contributed by atoms with Crippen LogP contribution in [0.4, 0.5) is 14.5 Å². The van der Waals surface area contributed by atoms with Crippen LogP contribution in [0.3, 0.4) is 0 Å². The maximum absolute atomic E-state index is 14.7. The summed E-state index contributed by atoms with van der Waals surface area (Å²) in [6.07, 6.45) is 4.93. The minimum atomic E-state index is -0.584. The maximum atomic E-state index is 14.7. The van der Waals surface area contributed by atoms with Gasteiger partial charge in [0, 0.05) is 22.6 Å². The molecule has 3 aromatic rings. The van der Waals surface area contributed by atoms with E-state index < -0.39 is 11.6 Å². The fourth-order valence-corrected chi connectivity index (χ4v) is 5.54. The largest absolute Gasteiger partial charge is 0.493 e. The van der Waals surface area contributed by atoms with Crippen molar-refractivity contribution in [3.63, 3.8) is 0 Å². The molecular weight excluding hydrogens is 512 g/mol. The summed E-state index contributed by atoms with van der Waals surface area (Å²) < 4.78 is 41.0. The zero-order chi connectivity index (χ0) is 23.1. The van der Waals surface area contributed by atoms with Crippen molar-refractivity contribution >= 4 is 33.2 Å². The summed E-state index contributed by atoms with van der Waals surface area (Å²) in [7, 11) is 1.58. The highest BCUT2D eigenvalue weighted by Crippen LogP contribution is 2.52. The Balaban J connectivity index is 1.48. The van der Waals surface area contributed by atoms with E-state index >= 15 is 0 Å². The molecule has 1 aliphatic heterocycles. The summed E-state index contributed by atoms with van der Waals surface area (Å²) in [5.74, 6) is 0.0462. The van der Waals surface area contributed by atoms with E-state index in [2.05, 4.69) is 27.3 Å². The predicted molar refractivity (Wildman–Crippen MR) is 129 cm³/mol. The molecule has 1 heterocycles. The minimum absolute atomic E-state index is 0.0580. The third-order valence-electron chi connectivity index (χ3n) is 6.33. The maximum Gasteiger partial charge on any atom is 0.175 e. The second-order valence-electron chi connectivity index (χ2n) is 8.24. The number of benzene rings is 3. The molecule has 1 N–H and O–H groups in total. The van der Waals surface area contributed by atoms with E-state index in [9.17, 15) is 8.78 Å². The van der Waals surface area contributed by atoms with E-state index in [0.29, 0.717) is 27.8 Å². The van der Waals surface area contributed by atoms with E-state index in [1.54, 1.807) is 7.11 Å². The van der Waals surface area contributed by atoms with E-state index in [1.807, 2.05) is 42.5 Å². The van der Waals surface area contributed by atoms with Gasteiger partial charge in [0.2, 0.25) is 0 Å². The standard InChI is InChI=1S/C26H21BrClF2NO2/c1-32-23-10-15(9-20(27)26(23)33-13-14-5-2-3-8-21(14)28)24-18-7-4-6-17(18)19-11-16(29)12-22(30)25(19)31-24/h2-6,8-12,17-18,24,31H,7,13H2,1H3/t17-,18+,24+/m1/s1. The molecule has 0 saturated heterocycles. The van der Waals surface area contributed by atoms with Crippen molar-refractivity contribution in [1.82, 2.24) is 0 Å². The molecule has 2 aliphatic rings. The number of halogens is 4. The average Bonchev–Trinajstić information content (AvgIpc) is 3.29. The normalized spacial score (nSPS) is 20.7. The first kappa shape index (κ1) is 22.2. The smallest absolute Gasteiger partial charge is 0.175 e. The van der Waals surface area contributed by atoms with Crippen LogP contribution < -0.4 is 14.8 Å². The Kier molecular flexibility index (Phi) is 6.06. The van der Waals surface area contributed by atoms with Gasteiger partial charge in [-0.15, -0.1) is 0 Å². The number of hydrogen-bond donors (Lipinski definition) is 1. The molecule has 0 amide bonds. The average molecular weight is 533 g/mol. The van der Waals surface area contributed by atoms with Crippen LogP contribution in [-0.2, 0) is 6.61 Å². The van der Waals surface area contributed by atoms with Crippen molar-refractivity contribution in [1.29, 1.82) is 0 Å². The van der Waals surface area contributed by atoms with E-state index in [0.717, 1.165) is 28.1 Å². The third-order valence-corrected chi connectivity index (χ3v) is 7.28. The Labute approximate surface area is 204 Å². The van der Waals surface area contributed by atoms with E-state index in [-0.39, 0.29) is 24.5 Å². The molecular formula is C26H21BrClF2NO2. The molecule has 7 heteroatoms. The zero-order valence-corrected chi connectivity index (χ0v) is 20.1. The molecule has 0 aromatic heterocycles. The zero-order valence-electron chi connectivity index (χ0n) is 17.7. The number of fused-ring (bicyclic) bond motifs is 3. The Hall–Kier alpha value is -2.57. The van der Waals surface area contributed by atoms with Crippen LogP contribution in [0.2, 0.25) is 5.02 Å². The van der Waals surface area contributed by atoms with Crippen LogP contribution in [0, 0.1) is 17.6 Å². The van der Waals surface area contributed by atoms with Gasteiger partial charge >= 0.3 is 0 Å². The monoisotopic (exact) mass is 531 g/mol. The predicted octanol–water partition coefficient (Wildman–Crippen LogP) is 7.79. The minimum Gasteiger partial charge on any atom is -0.493 e. The van der Waals surface area contributed by atoms with Crippen molar-refractivity contribution in [3.05, 3.63) is 98.5 Å². The molecule has 0 spiro atoms. The summed E-state index contributed by atoms with van der Waals surface area (Å²) in [5.41, 5.74) is 2.80. The molecule has 170 valence electrons. The van der Waals surface area contributed by atoms with Crippen LogP contribution >= 0.6 is 27.5 Å². The lowest BCUT2D eigenvalue weighted by atomic mass is 9.77. The highest BCUT2D eigenvalue weighted by molar-refractivity contribution is 9.10. The van der Waals surface area contributed by atoms with Gasteiger partial charge in [-0.1, -0.05) is 42.0 Å². The van der Waals surface area contributed by atoms with Gasteiger partial charge in [-0.2, -0.15) is 0 Å². The van der Waals surface area contributed by atoms with Crippen LogP contribution in [0.25, 0.3) is 0 Å². The first-order valence-electron chi connectivity index (χ1n) is 10.6. The highest BCUT2D eigenvalue weighted by Gasteiger charge is 2.39. The number of nitrogens with one attached hydrogen (secondary N) is 1. The van der Waals surface area contributed by atoms with E-state index in [4.69, 9.17) is 21.1 Å². The lowest BCUT2D eigenvalue weighted by Gasteiger charge is -2.38. The van der Waals surface area contributed by atoms with Crippen LogP contribution in [0.1, 0.15) is 35.1 Å². The van der Waals surface area contributed by atoms with Crippen LogP contribution in [-0.4, -0.2) is 7.11 Å². The van der Waals surface area contributed by atoms with E-state index in [1.165, 1.54) is 6.07 Å². The number of allylic oxidation sites excluding steroid dienone is 2. The summed E-state index contributed by atoms with van der Waals surface area (Å²) in [6, 6.07) is 13.5. The number of methoxy groups -OCH3 is 1. The summed E-state index contributed by atoms with van der Waals surface area (Å²) in [5, 5.41) is 3.96. The van der Waals surface area contributed by atoms with Gasteiger partial charge < -0.3 is 14.8 Å². The van der Waals surface area contributed by atoms with Crippen molar-refractivity contribution in [2.24, 2.45) is 5.92 Å². The molecule has 0 unspecified atom stereocenters. The third kappa shape index (κ3) is 4.11. The lowest BCUT2D eigenvalue weighted by Crippen LogP contribution is -2.30. The fourth-order valence-electron chi connectivity index (χ4n) is 4.78. The molecule has 3 atom stereocenters. The lowest BCUT2D eigenvalue weighted by molar-refractivity contribution is 0.282. The first-order chi connectivity index (χ1) is 16.0. The first-order valence-corrected chi connectivity index (χ1v) is 11.8. The number of rotatable bonds is 5. The number of anilines is 1. The summed E-state index contributed by atoms with van der Waals surface area (Å²) in [4.78, 5) is 0. The van der Waals surface area contributed by atoms with Crippen molar-refractivity contribution < 1.29 is 18.3 Å². The molecule has 1 aliphatic carbocycles. The quantitative estimate of drug-likeness (QED) is 0.340. The highest BCUT2D eigenvalue weighted by atomic mass is 79.9. The summed E-state index contributed by atoms with van der Waals surface area (Å²) >= 11 is 9.88. The molecule has 33 heavy (non-hydrogen) atoms. The van der Waals surface area contributed by atoms with Gasteiger partial charge in [0.15, 0.2) is 11.5 Å². The summed E-state index contributed by atoms with van der Waals surface area (Å²) in [6.45, 7) is 0.286. The molecule has 0 radical (unpaired) electrons. The van der Waals surface area contributed by atoms with Crippen LogP contribution in [0.5, 0.6) is 11.5 Å². The van der Waals surface area contributed by atoms with Gasteiger partial charge in [0.05, 0.1) is 23.3 Å².